The number of hydrogen-bond donors (Lipinski definition) is 0. The molecule has 0 aromatic carbocycles. The minimum absolute atomic E-state index is 0.0349. The van der Waals surface area contributed by atoms with Crippen molar-refractivity contribution in [2.45, 2.75) is 25.9 Å². The number of morpholine rings is 1. The van der Waals surface area contributed by atoms with E-state index in [9.17, 15) is 4.79 Å². The van der Waals surface area contributed by atoms with Crippen molar-refractivity contribution in [3.8, 4) is 0 Å². The SMILES string of the molecule is CCc1ccc([C@@H]2COCCN2Cc2cc(=O)n3ccsc3n2)o1. The van der Waals surface area contributed by atoms with Gasteiger partial charge in [-0.2, -0.15) is 0 Å². The van der Waals surface area contributed by atoms with Crippen molar-refractivity contribution < 1.29 is 9.15 Å². The Morgan fingerprint density at radius 1 is 1.42 bits per heavy atom. The molecule has 126 valence electrons. The lowest BCUT2D eigenvalue weighted by atomic mass is 10.1. The van der Waals surface area contributed by atoms with Gasteiger partial charge in [-0.25, -0.2) is 4.98 Å². The molecule has 0 bridgehead atoms. The molecule has 0 N–H and O–H groups in total. The van der Waals surface area contributed by atoms with E-state index >= 15 is 0 Å². The van der Waals surface area contributed by atoms with Gasteiger partial charge in [0.2, 0.25) is 0 Å². The Kier molecular flexibility index (Phi) is 4.22. The summed E-state index contributed by atoms with van der Waals surface area (Å²) >= 11 is 1.47. The van der Waals surface area contributed by atoms with Crippen LogP contribution in [0.25, 0.3) is 4.96 Å². The highest BCUT2D eigenvalue weighted by Gasteiger charge is 2.27. The second-order valence-electron chi connectivity index (χ2n) is 5.86. The fraction of sp³-hybridized carbons (Fsp3) is 0.412. The summed E-state index contributed by atoms with van der Waals surface area (Å²) < 4.78 is 13.1. The van der Waals surface area contributed by atoms with Gasteiger partial charge in [-0.1, -0.05) is 6.92 Å². The molecule has 0 amide bonds. The maximum absolute atomic E-state index is 12.2. The Morgan fingerprint density at radius 3 is 3.17 bits per heavy atom. The Labute approximate surface area is 143 Å². The maximum Gasteiger partial charge on any atom is 0.258 e. The van der Waals surface area contributed by atoms with Crippen LogP contribution in [-0.2, 0) is 17.7 Å². The van der Waals surface area contributed by atoms with E-state index in [1.54, 1.807) is 16.7 Å². The van der Waals surface area contributed by atoms with Crippen molar-refractivity contribution in [3.05, 3.63) is 57.3 Å². The summed E-state index contributed by atoms with van der Waals surface area (Å²) in [5.74, 6) is 1.90. The van der Waals surface area contributed by atoms with Crippen LogP contribution in [0.15, 0.2) is 39.0 Å². The summed E-state index contributed by atoms with van der Waals surface area (Å²) in [5, 5.41) is 1.88. The van der Waals surface area contributed by atoms with Gasteiger partial charge in [0.1, 0.15) is 11.5 Å². The minimum atomic E-state index is -0.0349. The Hall–Kier alpha value is -1.96. The third-order valence-electron chi connectivity index (χ3n) is 4.32. The average Bonchev–Trinajstić information content (AvgIpc) is 3.24. The Bertz CT molecular complexity index is 898. The van der Waals surface area contributed by atoms with Gasteiger partial charge < -0.3 is 9.15 Å². The van der Waals surface area contributed by atoms with Crippen LogP contribution in [0, 0.1) is 0 Å². The first-order valence-corrected chi connectivity index (χ1v) is 8.98. The standard InChI is InChI=1S/C17H19N3O3S/c1-2-13-3-4-15(23-13)14-11-22-7-5-19(14)10-12-9-16(21)20-6-8-24-17(20)18-12/h3-4,6,8-9,14H,2,5,7,10-11H2,1H3/t14-/m0/s1. The molecule has 24 heavy (non-hydrogen) atoms. The molecule has 7 heteroatoms. The van der Waals surface area contributed by atoms with E-state index < -0.39 is 0 Å². The number of ether oxygens (including phenoxy) is 1. The van der Waals surface area contributed by atoms with Gasteiger partial charge in [0.25, 0.3) is 5.56 Å². The first-order chi connectivity index (χ1) is 11.7. The Morgan fingerprint density at radius 2 is 2.33 bits per heavy atom. The van der Waals surface area contributed by atoms with Crippen molar-refractivity contribution in [1.82, 2.24) is 14.3 Å². The molecule has 4 rings (SSSR count). The second kappa shape index (κ2) is 6.51. The average molecular weight is 345 g/mol. The summed E-state index contributed by atoms with van der Waals surface area (Å²) in [6.45, 7) is 4.75. The monoisotopic (exact) mass is 345 g/mol. The molecule has 0 spiro atoms. The van der Waals surface area contributed by atoms with Crippen LogP contribution in [-0.4, -0.2) is 34.0 Å². The molecule has 0 saturated carbocycles. The van der Waals surface area contributed by atoms with Crippen LogP contribution in [0.1, 0.15) is 30.2 Å². The zero-order chi connectivity index (χ0) is 16.5. The van der Waals surface area contributed by atoms with Crippen molar-refractivity contribution in [3.63, 3.8) is 0 Å². The zero-order valence-corrected chi connectivity index (χ0v) is 14.3. The Balaban J connectivity index is 1.61. The largest absolute Gasteiger partial charge is 0.464 e. The lowest BCUT2D eigenvalue weighted by Crippen LogP contribution is -2.39. The first kappa shape index (κ1) is 15.6. The van der Waals surface area contributed by atoms with Crippen molar-refractivity contribution in [1.29, 1.82) is 0 Å². The molecule has 1 aliphatic heterocycles. The van der Waals surface area contributed by atoms with E-state index in [4.69, 9.17) is 9.15 Å². The highest BCUT2D eigenvalue weighted by molar-refractivity contribution is 7.15. The first-order valence-electron chi connectivity index (χ1n) is 8.11. The summed E-state index contributed by atoms with van der Waals surface area (Å²) in [4.78, 5) is 19.8. The zero-order valence-electron chi connectivity index (χ0n) is 13.5. The van der Waals surface area contributed by atoms with Crippen molar-refractivity contribution in [2.75, 3.05) is 19.8 Å². The molecule has 6 nitrogen and oxygen atoms in total. The van der Waals surface area contributed by atoms with Crippen LogP contribution >= 0.6 is 11.3 Å². The number of nitrogens with zero attached hydrogens (tertiary/aromatic N) is 3. The van der Waals surface area contributed by atoms with Crippen LogP contribution in [0.4, 0.5) is 0 Å². The third-order valence-corrected chi connectivity index (χ3v) is 5.08. The van der Waals surface area contributed by atoms with Gasteiger partial charge in [-0.05, 0) is 12.1 Å². The number of fused-ring (bicyclic) bond motifs is 1. The van der Waals surface area contributed by atoms with Crippen LogP contribution in [0.5, 0.6) is 0 Å². The van der Waals surface area contributed by atoms with E-state index in [-0.39, 0.29) is 11.6 Å². The highest BCUT2D eigenvalue weighted by atomic mass is 32.1. The number of aromatic nitrogens is 2. The van der Waals surface area contributed by atoms with Crippen LogP contribution < -0.4 is 5.56 Å². The van der Waals surface area contributed by atoms with E-state index in [0.717, 1.165) is 35.1 Å². The molecule has 0 radical (unpaired) electrons. The molecular formula is C17H19N3O3S. The van der Waals surface area contributed by atoms with Gasteiger partial charge in [0.05, 0.1) is 24.9 Å². The predicted octanol–water partition coefficient (Wildman–Crippen LogP) is 2.48. The molecule has 4 heterocycles. The molecule has 0 aliphatic carbocycles. The highest BCUT2D eigenvalue weighted by Crippen LogP contribution is 2.27. The van der Waals surface area contributed by atoms with E-state index in [1.165, 1.54) is 11.3 Å². The van der Waals surface area contributed by atoms with Crippen LogP contribution in [0.3, 0.4) is 0 Å². The van der Waals surface area contributed by atoms with Crippen molar-refractivity contribution in [2.24, 2.45) is 0 Å². The minimum Gasteiger partial charge on any atom is -0.464 e. The van der Waals surface area contributed by atoms with Gasteiger partial charge in [0.15, 0.2) is 4.96 Å². The molecule has 3 aromatic rings. The number of hydrogen-bond acceptors (Lipinski definition) is 6. The van der Waals surface area contributed by atoms with Gasteiger partial charge in [-0.15, -0.1) is 11.3 Å². The molecule has 3 aromatic heterocycles. The lowest BCUT2D eigenvalue weighted by Gasteiger charge is -2.34. The van der Waals surface area contributed by atoms with E-state index in [0.29, 0.717) is 19.8 Å². The summed E-state index contributed by atoms with van der Waals surface area (Å²) in [7, 11) is 0. The summed E-state index contributed by atoms with van der Waals surface area (Å²) in [5.41, 5.74) is 0.754. The molecule has 1 fully saturated rings. The second-order valence-corrected chi connectivity index (χ2v) is 6.73. The number of rotatable bonds is 4. The molecular weight excluding hydrogens is 326 g/mol. The fourth-order valence-electron chi connectivity index (χ4n) is 3.03. The number of aryl methyl sites for hydroxylation is 1. The van der Waals surface area contributed by atoms with E-state index in [1.807, 2.05) is 17.5 Å². The lowest BCUT2D eigenvalue weighted by molar-refractivity contribution is -0.0211. The van der Waals surface area contributed by atoms with E-state index in [2.05, 4.69) is 16.8 Å². The van der Waals surface area contributed by atoms with Gasteiger partial charge in [-0.3, -0.25) is 14.1 Å². The maximum atomic E-state index is 12.2. The predicted molar refractivity (Wildman–Crippen MR) is 91.4 cm³/mol. The van der Waals surface area contributed by atoms with Crippen molar-refractivity contribution >= 4 is 16.3 Å². The quantitative estimate of drug-likeness (QED) is 0.727. The molecule has 0 unspecified atom stereocenters. The summed E-state index contributed by atoms with van der Waals surface area (Å²) in [6, 6.07) is 5.72. The fourth-order valence-corrected chi connectivity index (χ4v) is 3.77. The molecule has 1 atom stereocenters. The third kappa shape index (κ3) is 2.90. The molecule has 1 saturated heterocycles. The smallest absolute Gasteiger partial charge is 0.258 e. The number of furan rings is 1. The van der Waals surface area contributed by atoms with Gasteiger partial charge in [0, 0.05) is 37.2 Å². The molecule has 1 aliphatic rings. The van der Waals surface area contributed by atoms with Crippen LogP contribution in [0.2, 0.25) is 0 Å². The summed E-state index contributed by atoms with van der Waals surface area (Å²) in [6.07, 6.45) is 2.63. The normalized spacial score (nSPS) is 19.1. The van der Waals surface area contributed by atoms with Gasteiger partial charge >= 0.3 is 0 Å². The number of thiazole rings is 1. The topological polar surface area (TPSA) is 60.0 Å².